The monoisotopic (exact) mass is 299 g/mol. The van der Waals surface area contributed by atoms with Gasteiger partial charge in [-0.15, -0.1) is 16.9 Å². The first-order valence-electron chi connectivity index (χ1n) is 6.83. The molecule has 0 N–H and O–H groups in total. The van der Waals surface area contributed by atoms with Crippen molar-refractivity contribution < 1.29 is 4.79 Å². The molecule has 0 aliphatic rings. The second-order valence-corrected chi connectivity index (χ2v) is 5.51. The first-order chi connectivity index (χ1) is 10.3. The molecule has 2 aromatic rings. The van der Waals surface area contributed by atoms with Crippen LogP contribution < -0.4 is 0 Å². The molecular formula is C16H17N3OS. The maximum Gasteiger partial charge on any atom is 0.264 e. The minimum Gasteiger partial charge on any atom is -0.271 e. The van der Waals surface area contributed by atoms with Gasteiger partial charge in [-0.25, -0.2) is 4.98 Å². The summed E-state index contributed by atoms with van der Waals surface area (Å²) in [5.41, 5.74) is 1.06. The van der Waals surface area contributed by atoms with Crippen molar-refractivity contribution in [3.05, 3.63) is 60.3 Å². The summed E-state index contributed by atoms with van der Waals surface area (Å²) in [6, 6.07) is 15.6. The predicted octanol–water partition coefficient (Wildman–Crippen LogP) is 4.13. The molecule has 4 nitrogen and oxygen atoms in total. The lowest BCUT2D eigenvalue weighted by Crippen LogP contribution is -1.94. The highest BCUT2D eigenvalue weighted by atomic mass is 32.2. The minimum atomic E-state index is -0.160. The summed E-state index contributed by atoms with van der Waals surface area (Å²) in [7, 11) is 0. The van der Waals surface area contributed by atoms with Crippen LogP contribution in [-0.4, -0.2) is 16.6 Å². The third-order valence-corrected chi connectivity index (χ3v) is 3.73. The molecule has 1 heterocycles. The topological polar surface area (TPSA) is 54.7 Å². The van der Waals surface area contributed by atoms with E-state index in [2.05, 4.69) is 15.2 Å². The van der Waals surface area contributed by atoms with E-state index in [1.165, 1.54) is 0 Å². The van der Waals surface area contributed by atoms with E-state index in [0.717, 1.165) is 22.8 Å². The number of nitrogens with zero attached hydrogens (tertiary/aromatic N) is 3. The van der Waals surface area contributed by atoms with E-state index in [4.69, 9.17) is 0 Å². The van der Waals surface area contributed by atoms with Gasteiger partial charge in [0.2, 0.25) is 0 Å². The fourth-order valence-electron chi connectivity index (χ4n) is 1.66. The first kappa shape index (κ1) is 15.4. The van der Waals surface area contributed by atoms with Gasteiger partial charge in [0.25, 0.3) is 5.91 Å². The maximum atomic E-state index is 11.6. The highest BCUT2D eigenvalue weighted by Gasteiger charge is 2.00. The molecule has 0 aliphatic carbocycles. The number of hydrogen-bond donors (Lipinski definition) is 0. The summed E-state index contributed by atoms with van der Waals surface area (Å²) >= 11 is 1.65. The average Bonchev–Trinajstić information content (AvgIpc) is 2.54. The summed E-state index contributed by atoms with van der Waals surface area (Å²) in [6.07, 6.45) is 2.98. The number of aromatic nitrogens is 1. The molecule has 0 fully saturated rings. The van der Waals surface area contributed by atoms with Gasteiger partial charge in [-0.1, -0.05) is 36.4 Å². The molecule has 1 aromatic carbocycles. The Morgan fingerprint density at radius 1 is 1.10 bits per heavy atom. The van der Waals surface area contributed by atoms with Crippen LogP contribution >= 0.6 is 11.8 Å². The highest BCUT2D eigenvalue weighted by Crippen LogP contribution is 2.15. The Kier molecular flexibility index (Phi) is 6.61. The Bertz CT molecular complexity index is 573. The summed E-state index contributed by atoms with van der Waals surface area (Å²) in [4.78, 5) is 15.8. The van der Waals surface area contributed by atoms with Gasteiger partial charge in [0.05, 0.1) is 11.6 Å². The lowest BCUT2D eigenvalue weighted by atomic mass is 10.2. The predicted molar refractivity (Wildman–Crippen MR) is 84.2 cm³/mol. The molecule has 108 valence electrons. The van der Waals surface area contributed by atoms with Gasteiger partial charge in [-0.3, -0.25) is 4.79 Å². The van der Waals surface area contributed by atoms with Gasteiger partial charge in [-0.2, -0.15) is 5.11 Å². The number of hydrogen-bond acceptors (Lipinski definition) is 4. The molecule has 0 radical (unpaired) electrons. The van der Waals surface area contributed by atoms with E-state index in [-0.39, 0.29) is 5.91 Å². The van der Waals surface area contributed by atoms with Crippen LogP contribution in [0.25, 0.3) is 0 Å². The summed E-state index contributed by atoms with van der Waals surface area (Å²) in [5.74, 6) is 0.698. The number of pyridine rings is 1. The average molecular weight is 299 g/mol. The number of rotatable bonds is 7. The van der Waals surface area contributed by atoms with Crippen molar-refractivity contribution in [2.75, 3.05) is 5.75 Å². The molecule has 0 spiro atoms. The molecule has 0 aliphatic heterocycles. The summed E-state index contributed by atoms with van der Waals surface area (Å²) < 4.78 is 0. The van der Waals surface area contributed by atoms with Gasteiger partial charge in [0.1, 0.15) is 0 Å². The van der Waals surface area contributed by atoms with Crippen LogP contribution in [0.4, 0.5) is 0 Å². The Morgan fingerprint density at radius 2 is 1.90 bits per heavy atom. The minimum absolute atomic E-state index is 0.160. The zero-order valence-electron chi connectivity index (χ0n) is 11.7. The molecular weight excluding hydrogens is 282 g/mol. The molecule has 0 saturated heterocycles. The fraction of sp³-hybridized carbons (Fsp3) is 0.250. The Morgan fingerprint density at radius 3 is 2.67 bits per heavy atom. The van der Waals surface area contributed by atoms with E-state index in [0.29, 0.717) is 13.0 Å². The molecule has 0 atom stereocenters. The van der Waals surface area contributed by atoms with Crippen molar-refractivity contribution in [1.29, 1.82) is 0 Å². The van der Waals surface area contributed by atoms with Crippen LogP contribution in [0.2, 0.25) is 0 Å². The van der Waals surface area contributed by atoms with Gasteiger partial charge in [0, 0.05) is 12.6 Å². The van der Waals surface area contributed by atoms with Crippen LogP contribution in [0.5, 0.6) is 0 Å². The largest absolute Gasteiger partial charge is 0.271 e. The summed E-state index contributed by atoms with van der Waals surface area (Å²) in [6.45, 7) is 0.454. The third kappa shape index (κ3) is 6.31. The molecule has 5 heteroatoms. The van der Waals surface area contributed by atoms with E-state index >= 15 is 0 Å². The van der Waals surface area contributed by atoms with Gasteiger partial charge in [-0.05, 0) is 29.9 Å². The molecule has 0 bridgehead atoms. The molecule has 21 heavy (non-hydrogen) atoms. The second-order valence-electron chi connectivity index (χ2n) is 4.40. The van der Waals surface area contributed by atoms with E-state index < -0.39 is 0 Å². The smallest absolute Gasteiger partial charge is 0.264 e. The van der Waals surface area contributed by atoms with Crippen molar-refractivity contribution in [2.24, 2.45) is 10.2 Å². The van der Waals surface area contributed by atoms with E-state index in [1.54, 1.807) is 18.0 Å². The molecule has 1 amide bonds. The standard InChI is InChI=1S/C16H17N3OS/c20-15(19-18-13-14-7-2-1-3-8-14)9-6-12-21-16-10-4-5-11-17-16/h1-5,7-8,10-11H,6,9,12-13H2. The van der Waals surface area contributed by atoms with Crippen molar-refractivity contribution in [3.8, 4) is 0 Å². The molecule has 1 aromatic heterocycles. The van der Waals surface area contributed by atoms with Crippen LogP contribution in [0.3, 0.4) is 0 Å². The Balaban J connectivity index is 1.61. The van der Waals surface area contributed by atoms with Gasteiger partial charge in [0.15, 0.2) is 0 Å². The number of azo groups is 1. The number of thioether (sulfide) groups is 1. The number of benzene rings is 1. The fourth-order valence-corrected chi connectivity index (χ4v) is 2.47. The SMILES string of the molecule is O=C(CCCSc1ccccn1)N=NCc1ccccc1. The van der Waals surface area contributed by atoms with Gasteiger partial charge >= 0.3 is 0 Å². The van der Waals surface area contributed by atoms with Crippen molar-refractivity contribution in [3.63, 3.8) is 0 Å². The molecule has 2 rings (SSSR count). The van der Waals surface area contributed by atoms with Crippen LogP contribution in [0.1, 0.15) is 18.4 Å². The summed E-state index contributed by atoms with van der Waals surface area (Å²) in [5, 5.41) is 8.64. The van der Waals surface area contributed by atoms with Crippen LogP contribution in [-0.2, 0) is 11.3 Å². The van der Waals surface area contributed by atoms with E-state index in [9.17, 15) is 4.79 Å². The van der Waals surface area contributed by atoms with Crippen molar-refractivity contribution in [1.82, 2.24) is 4.98 Å². The van der Waals surface area contributed by atoms with E-state index in [1.807, 2.05) is 48.5 Å². The molecule has 0 saturated carbocycles. The van der Waals surface area contributed by atoms with Gasteiger partial charge < -0.3 is 0 Å². The number of carbonyl (C=O) groups is 1. The second kappa shape index (κ2) is 9.02. The number of amides is 1. The lowest BCUT2D eigenvalue weighted by molar-refractivity contribution is -0.118. The zero-order valence-corrected chi connectivity index (χ0v) is 12.5. The Labute approximate surface area is 128 Å². The molecule has 0 unspecified atom stereocenters. The normalized spacial score (nSPS) is 10.9. The Hall–Kier alpha value is -2.01. The van der Waals surface area contributed by atoms with Crippen LogP contribution in [0.15, 0.2) is 70.0 Å². The van der Waals surface area contributed by atoms with Crippen LogP contribution in [0, 0.1) is 0 Å². The lowest BCUT2D eigenvalue weighted by Gasteiger charge is -1.98. The third-order valence-electron chi connectivity index (χ3n) is 2.70. The zero-order chi connectivity index (χ0) is 14.8. The quantitative estimate of drug-likeness (QED) is 0.439. The first-order valence-corrected chi connectivity index (χ1v) is 7.81. The maximum absolute atomic E-state index is 11.6. The van der Waals surface area contributed by atoms with Crippen molar-refractivity contribution in [2.45, 2.75) is 24.4 Å². The highest BCUT2D eigenvalue weighted by molar-refractivity contribution is 7.99. The van der Waals surface area contributed by atoms with Crippen molar-refractivity contribution >= 4 is 17.7 Å². The number of carbonyl (C=O) groups excluding carboxylic acids is 1.